The van der Waals surface area contributed by atoms with Crippen molar-refractivity contribution < 1.29 is 18.0 Å². The molecule has 5 rings (SSSR count). The molecule has 0 bridgehead atoms. The Morgan fingerprint density at radius 2 is 2.00 bits per heavy atom. The summed E-state index contributed by atoms with van der Waals surface area (Å²) in [5.74, 6) is -0.402. The van der Waals surface area contributed by atoms with Crippen LogP contribution >= 0.6 is 11.3 Å². The average molecular weight is 447 g/mol. The summed E-state index contributed by atoms with van der Waals surface area (Å²) in [7, 11) is -3.14. The Hall–Kier alpha value is -2.33. The molecule has 1 aromatic carbocycles. The molecule has 8 nitrogen and oxygen atoms in total. The third-order valence-electron chi connectivity index (χ3n) is 5.97. The lowest BCUT2D eigenvalue weighted by atomic mass is 10.1. The van der Waals surface area contributed by atoms with Gasteiger partial charge in [-0.15, -0.1) is 11.3 Å². The van der Waals surface area contributed by atoms with E-state index in [1.807, 2.05) is 29.2 Å². The van der Waals surface area contributed by atoms with Crippen LogP contribution in [-0.4, -0.2) is 64.9 Å². The van der Waals surface area contributed by atoms with E-state index in [1.165, 1.54) is 5.01 Å². The monoisotopic (exact) mass is 446 g/mol. The van der Waals surface area contributed by atoms with Gasteiger partial charge in [0, 0.05) is 19.4 Å². The Morgan fingerprint density at radius 1 is 1.17 bits per heavy atom. The SMILES string of the molecule is O=C(C1=NN([C@H]2CCS(=O)(=O)C2)C(=O)CC1)N1CCC[C@@H]1c1nc2ccccc2s1. The largest absolute Gasteiger partial charge is 0.328 e. The van der Waals surface area contributed by atoms with Crippen molar-refractivity contribution in [2.75, 3.05) is 18.1 Å². The minimum Gasteiger partial charge on any atom is -0.328 e. The number of rotatable bonds is 3. The molecule has 2 saturated heterocycles. The fourth-order valence-electron chi connectivity index (χ4n) is 4.44. The fourth-order valence-corrected chi connectivity index (χ4v) is 7.25. The van der Waals surface area contributed by atoms with Gasteiger partial charge in [-0.1, -0.05) is 12.1 Å². The summed E-state index contributed by atoms with van der Waals surface area (Å²) in [5.41, 5.74) is 1.28. The number of benzene rings is 1. The highest BCUT2D eigenvalue weighted by atomic mass is 32.2. The van der Waals surface area contributed by atoms with E-state index in [0.29, 0.717) is 18.7 Å². The molecule has 0 unspecified atom stereocenters. The lowest BCUT2D eigenvalue weighted by Crippen LogP contribution is -2.44. The Kier molecular flexibility index (Phi) is 4.85. The van der Waals surface area contributed by atoms with Gasteiger partial charge in [0.1, 0.15) is 10.7 Å². The number of likely N-dealkylation sites (tertiary alicyclic amines) is 1. The number of hydrogen-bond acceptors (Lipinski definition) is 7. The first-order valence-corrected chi connectivity index (χ1v) is 12.8. The number of para-hydroxylation sites is 1. The van der Waals surface area contributed by atoms with E-state index < -0.39 is 15.9 Å². The standard InChI is InChI=1S/C20H22N4O4S2/c25-18-8-7-15(22-24(18)13-9-11-30(27,28)12-13)20(26)23-10-3-5-16(23)19-21-14-4-1-2-6-17(14)29-19/h1-2,4,6,13,16H,3,5,7-12H2/t13-,16+/m0/s1. The minimum atomic E-state index is -3.14. The van der Waals surface area contributed by atoms with E-state index in [2.05, 4.69) is 5.10 Å². The van der Waals surface area contributed by atoms with Crippen LogP contribution in [0.15, 0.2) is 29.4 Å². The molecule has 2 fully saturated rings. The van der Waals surface area contributed by atoms with E-state index >= 15 is 0 Å². The van der Waals surface area contributed by atoms with Crippen LogP contribution in [-0.2, 0) is 19.4 Å². The first-order valence-electron chi connectivity index (χ1n) is 10.2. The van der Waals surface area contributed by atoms with Crippen LogP contribution in [0.2, 0.25) is 0 Å². The molecule has 2 amide bonds. The predicted octanol–water partition coefficient (Wildman–Crippen LogP) is 2.13. The van der Waals surface area contributed by atoms with E-state index in [0.717, 1.165) is 28.1 Å². The molecule has 3 aliphatic heterocycles. The van der Waals surface area contributed by atoms with Crippen LogP contribution in [0.25, 0.3) is 10.2 Å². The van der Waals surface area contributed by atoms with Gasteiger partial charge in [-0.2, -0.15) is 5.10 Å². The third kappa shape index (κ3) is 3.51. The molecule has 0 N–H and O–H groups in total. The van der Waals surface area contributed by atoms with Gasteiger partial charge >= 0.3 is 0 Å². The highest BCUT2D eigenvalue weighted by molar-refractivity contribution is 7.91. The highest BCUT2D eigenvalue weighted by Crippen LogP contribution is 2.37. The molecule has 10 heteroatoms. The van der Waals surface area contributed by atoms with Crippen molar-refractivity contribution in [3.05, 3.63) is 29.3 Å². The van der Waals surface area contributed by atoms with Crippen molar-refractivity contribution in [2.45, 2.75) is 44.2 Å². The van der Waals surface area contributed by atoms with Gasteiger partial charge in [-0.25, -0.2) is 18.4 Å². The number of carbonyl (C=O) groups is 2. The number of aromatic nitrogens is 1. The maximum atomic E-state index is 13.3. The van der Waals surface area contributed by atoms with Gasteiger partial charge < -0.3 is 4.90 Å². The highest BCUT2D eigenvalue weighted by Gasteiger charge is 2.40. The number of thiazole rings is 1. The molecule has 1 aromatic heterocycles. The predicted molar refractivity (Wildman–Crippen MR) is 114 cm³/mol. The third-order valence-corrected chi connectivity index (χ3v) is 8.86. The van der Waals surface area contributed by atoms with Crippen LogP contribution in [0.4, 0.5) is 0 Å². The van der Waals surface area contributed by atoms with Crippen LogP contribution in [0.3, 0.4) is 0 Å². The Bertz CT molecular complexity index is 1120. The first-order chi connectivity index (χ1) is 14.4. The zero-order valence-electron chi connectivity index (χ0n) is 16.4. The number of hydrazone groups is 1. The summed E-state index contributed by atoms with van der Waals surface area (Å²) in [6.07, 6.45) is 2.58. The summed E-state index contributed by atoms with van der Waals surface area (Å²) in [6, 6.07) is 7.38. The molecule has 3 aliphatic rings. The van der Waals surface area contributed by atoms with Gasteiger partial charge in [0.15, 0.2) is 9.84 Å². The van der Waals surface area contributed by atoms with Gasteiger partial charge in [-0.05, 0) is 31.4 Å². The van der Waals surface area contributed by atoms with Gasteiger partial charge in [-0.3, -0.25) is 9.59 Å². The van der Waals surface area contributed by atoms with Gasteiger partial charge in [0.2, 0.25) is 5.91 Å². The van der Waals surface area contributed by atoms with Crippen LogP contribution in [0.1, 0.15) is 43.2 Å². The van der Waals surface area contributed by atoms with Gasteiger partial charge in [0.25, 0.3) is 5.91 Å². The normalized spacial score (nSPS) is 26.4. The zero-order valence-corrected chi connectivity index (χ0v) is 18.0. The molecule has 0 radical (unpaired) electrons. The second-order valence-electron chi connectivity index (χ2n) is 8.02. The van der Waals surface area contributed by atoms with Gasteiger partial charge in [0.05, 0.1) is 33.8 Å². The molecule has 0 saturated carbocycles. The van der Waals surface area contributed by atoms with E-state index in [-0.39, 0.29) is 42.2 Å². The molecule has 2 atom stereocenters. The molecule has 2 aromatic rings. The number of carbonyl (C=O) groups excluding carboxylic acids is 2. The molecule has 0 aliphatic carbocycles. The summed E-state index contributed by atoms with van der Waals surface area (Å²) >= 11 is 1.61. The summed E-state index contributed by atoms with van der Waals surface area (Å²) in [6.45, 7) is 0.629. The van der Waals surface area contributed by atoms with Crippen molar-refractivity contribution in [1.29, 1.82) is 0 Å². The molecule has 30 heavy (non-hydrogen) atoms. The van der Waals surface area contributed by atoms with Crippen molar-refractivity contribution >= 4 is 48.9 Å². The summed E-state index contributed by atoms with van der Waals surface area (Å²) < 4.78 is 24.7. The molecule has 4 heterocycles. The molecule has 0 spiro atoms. The Labute approximate surface area is 178 Å². The van der Waals surface area contributed by atoms with E-state index in [9.17, 15) is 18.0 Å². The van der Waals surface area contributed by atoms with Crippen LogP contribution < -0.4 is 0 Å². The minimum absolute atomic E-state index is 0.0616. The number of nitrogens with zero attached hydrogens (tertiary/aromatic N) is 4. The number of hydrogen-bond donors (Lipinski definition) is 0. The van der Waals surface area contributed by atoms with E-state index in [1.54, 1.807) is 11.3 Å². The lowest BCUT2D eigenvalue weighted by Gasteiger charge is -2.30. The lowest BCUT2D eigenvalue weighted by molar-refractivity contribution is -0.134. The van der Waals surface area contributed by atoms with Crippen molar-refractivity contribution in [2.24, 2.45) is 5.10 Å². The van der Waals surface area contributed by atoms with Crippen LogP contribution in [0, 0.1) is 0 Å². The second kappa shape index (κ2) is 7.42. The first kappa shape index (κ1) is 19.6. The summed E-state index contributed by atoms with van der Waals surface area (Å²) in [4.78, 5) is 32.2. The van der Waals surface area contributed by atoms with E-state index in [4.69, 9.17) is 4.98 Å². The molecular weight excluding hydrogens is 424 g/mol. The summed E-state index contributed by atoms with van der Waals surface area (Å²) in [5, 5.41) is 6.53. The Balaban J connectivity index is 1.40. The number of fused-ring (bicyclic) bond motifs is 1. The van der Waals surface area contributed by atoms with Crippen molar-refractivity contribution in [3.8, 4) is 0 Å². The fraction of sp³-hybridized carbons (Fsp3) is 0.500. The molecule has 158 valence electrons. The topological polar surface area (TPSA) is 100 Å². The number of amides is 2. The smallest absolute Gasteiger partial charge is 0.270 e. The maximum Gasteiger partial charge on any atom is 0.270 e. The maximum absolute atomic E-state index is 13.3. The Morgan fingerprint density at radius 3 is 2.77 bits per heavy atom. The van der Waals surface area contributed by atoms with Crippen molar-refractivity contribution in [3.63, 3.8) is 0 Å². The molecular formula is C20H22N4O4S2. The number of sulfone groups is 1. The average Bonchev–Trinajstić information content (AvgIpc) is 3.44. The zero-order chi connectivity index (χ0) is 20.9. The van der Waals surface area contributed by atoms with Crippen molar-refractivity contribution in [1.82, 2.24) is 14.9 Å². The quantitative estimate of drug-likeness (QED) is 0.719. The van der Waals surface area contributed by atoms with Crippen LogP contribution in [0.5, 0.6) is 0 Å². The second-order valence-corrected chi connectivity index (χ2v) is 11.3.